The fraction of sp³-hybridized carbons (Fsp3) is 0.217. The summed E-state index contributed by atoms with van der Waals surface area (Å²) in [6.07, 6.45) is 1.08. The van der Waals surface area contributed by atoms with Crippen molar-refractivity contribution in [2.75, 3.05) is 0 Å². The maximum absolute atomic E-state index is 4.14. The van der Waals surface area contributed by atoms with E-state index in [-0.39, 0.29) is 5.54 Å². The smallest absolute Gasteiger partial charge is 0.222 e. The second-order valence-electron chi connectivity index (χ2n) is 7.21. The molecule has 2 heteroatoms. The van der Waals surface area contributed by atoms with Crippen LogP contribution in [0.2, 0.25) is 0 Å². The summed E-state index contributed by atoms with van der Waals surface area (Å²) in [5, 5.41) is 4.19. The average Bonchev–Trinajstić information content (AvgIpc) is 2.68. The molecule has 1 N–H and O–H groups in total. The lowest BCUT2D eigenvalue weighted by molar-refractivity contribution is 0.451. The van der Waals surface area contributed by atoms with E-state index in [1.165, 1.54) is 15.6 Å². The van der Waals surface area contributed by atoms with Crippen molar-refractivity contribution in [2.24, 2.45) is 0 Å². The molecule has 0 fully saturated rings. The number of benzene rings is 3. The second kappa shape index (κ2) is 7.38. The van der Waals surface area contributed by atoms with Gasteiger partial charge < -0.3 is 4.98 Å². The van der Waals surface area contributed by atoms with Crippen molar-refractivity contribution in [3.8, 4) is 0 Å². The van der Waals surface area contributed by atoms with Gasteiger partial charge >= 0.3 is 0 Å². The molecule has 0 bridgehead atoms. The lowest BCUT2D eigenvalue weighted by Gasteiger charge is -2.41. The lowest BCUT2D eigenvalue weighted by atomic mass is 10.0. The van der Waals surface area contributed by atoms with Gasteiger partial charge in [0.1, 0.15) is 0 Å². The number of rotatable bonds is 6. The third kappa shape index (κ3) is 3.60. The zero-order chi connectivity index (χ0) is 17.8. The maximum atomic E-state index is 4.14. The van der Waals surface area contributed by atoms with Crippen molar-refractivity contribution in [1.29, 1.82) is 0 Å². The molecule has 0 saturated heterocycles. The van der Waals surface area contributed by atoms with Gasteiger partial charge in [-0.05, 0) is 35.8 Å². The van der Waals surface area contributed by atoms with Gasteiger partial charge in [-0.2, -0.15) is 0 Å². The Morgan fingerprint density at radius 2 is 0.960 bits per heavy atom. The van der Waals surface area contributed by atoms with Crippen molar-refractivity contribution in [3.63, 3.8) is 0 Å². The van der Waals surface area contributed by atoms with E-state index in [1.54, 1.807) is 0 Å². The van der Waals surface area contributed by atoms with E-state index in [1.807, 2.05) is 0 Å². The molecular formula is C23H27NSi. The topological polar surface area (TPSA) is 12.0 Å². The molecule has 128 valence electrons. The predicted octanol–water partition coefficient (Wildman–Crippen LogP) is 3.43. The maximum Gasteiger partial charge on any atom is 0.222 e. The van der Waals surface area contributed by atoms with Gasteiger partial charge in [0.15, 0.2) is 0 Å². The summed E-state index contributed by atoms with van der Waals surface area (Å²) in [4.78, 5) is 4.14. The van der Waals surface area contributed by atoms with Crippen LogP contribution in [0.4, 0.5) is 0 Å². The van der Waals surface area contributed by atoms with Gasteiger partial charge in [-0.15, -0.1) is 0 Å². The van der Waals surface area contributed by atoms with Crippen LogP contribution in [0.5, 0.6) is 0 Å². The quantitative estimate of drug-likeness (QED) is 0.533. The first-order chi connectivity index (χ1) is 12.1. The van der Waals surface area contributed by atoms with Crippen LogP contribution in [0, 0.1) is 0 Å². The molecule has 0 atom stereocenters. The Morgan fingerprint density at radius 3 is 1.24 bits per heavy atom. The van der Waals surface area contributed by atoms with E-state index < -0.39 is 8.24 Å². The third-order valence-electron chi connectivity index (χ3n) is 5.03. The lowest BCUT2D eigenvalue weighted by Crippen LogP contribution is -2.79. The van der Waals surface area contributed by atoms with Gasteiger partial charge in [0, 0.05) is 5.54 Å². The predicted molar refractivity (Wildman–Crippen MR) is 111 cm³/mol. The van der Waals surface area contributed by atoms with Crippen LogP contribution in [-0.4, -0.2) is 13.8 Å². The van der Waals surface area contributed by atoms with Gasteiger partial charge in [-0.1, -0.05) is 97.9 Å². The van der Waals surface area contributed by atoms with E-state index in [0.717, 1.165) is 6.42 Å². The van der Waals surface area contributed by atoms with Crippen molar-refractivity contribution in [1.82, 2.24) is 4.98 Å². The van der Waals surface area contributed by atoms with Gasteiger partial charge in [0.05, 0.1) is 0 Å². The van der Waals surface area contributed by atoms with Crippen LogP contribution in [0.25, 0.3) is 0 Å². The Labute approximate surface area is 152 Å². The third-order valence-corrected chi connectivity index (χ3v) is 9.68. The van der Waals surface area contributed by atoms with Gasteiger partial charge in [-0.3, -0.25) is 0 Å². The molecule has 0 amide bonds. The molecule has 0 heterocycles. The Bertz CT molecular complexity index is 685. The molecule has 1 nitrogen and oxygen atoms in total. The van der Waals surface area contributed by atoms with Gasteiger partial charge in [0.2, 0.25) is 8.24 Å². The molecule has 0 aliphatic heterocycles. The molecule has 0 unspecified atom stereocenters. The summed E-state index contributed by atoms with van der Waals surface area (Å²) in [6, 6.07) is 32.9. The molecular weight excluding hydrogens is 318 g/mol. The minimum atomic E-state index is -2.33. The number of nitrogens with one attached hydrogen (secondary N) is 1. The minimum Gasteiger partial charge on any atom is -0.322 e. The SMILES string of the molecule is CCC(C)(C)N[Si](c1ccccc1)(c1ccccc1)c1ccccc1. The van der Waals surface area contributed by atoms with Crippen molar-refractivity contribution in [2.45, 2.75) is 32.7 Å². The van der Waals surface area contributed by atoms with Crippen LogP contribution in [-0.2, 0) is 0 Å². The van der Waals surface area contributed by atoms with Crippen LogP contribution in [0.15, 0.2) is 91.0 Å². The Balaban J connectivity index is 2.32. The molecule has 0 saturated carbocycles. The van der Waals surface area contributed by atoms with Crippen LogP contribution in [0.3, 0.4) is 0 Å². The second-order valence-corrected chi connectivity index (χ2v) is 10.7. The summed E-state index contributed by atoms with van der Waals surface area (Å²) in [5.74, 6) is 0. The van der Waals surface area contributed by atoms with Crippen LogP contribution in [0.1, 0.15) is 27.2 Å². The monoisotopic (exact) mass is 345 g/mol. The molecule has 0 aromatic heterocycles. The Morgan fingerprint density at radius 1 is 0.640 bits per heavy atom. The highest BCUT2D eigenvalue weighted by molar-refractivity contribution is 7.09. The average molecular weight is 346 g/mol. The van der Waals surface area contributed by atoms with Crippen molar-refractivity contribution in [3.05, 3.63) is 91.0 Å². The van der Waals surface area contributed by atoms with Gasteiger partial charge in [-0.25, -0.2) is 0 Å². The van der Waals surface area contributed by atoms with Crippen LogP contribution >= 0.6 is 0 Å². The highest BCUT2D eigenvalue weighted by atomic mass is 28.3. The first-order valence-corrected chi connectivity index (χ1v) is 11.0. The van der Waals surface area contributed by atoms with E-state index >= 15 is 0 Å². The molecule has 3 aromatic rings. The molecule has 0 aliphatic carbocycles. The highest BCUT2D eigenvalue weighted by Gasteiger charge is 2.42. The van der Waals surface area contributed by atoms with Crippen molar-refractivity contribution >= 4 is 23.8 Å². The fourth-order valence-electron chi connectivity index (χ4n) is 3.38. The summed E-state index contributed by atoms with van der Waals surface area (Å²) in [5.41, 5.74) is 0.0494. The van der Waals surface area contributed by atoms with E-state index in [4.69, 9.17) is 0 Å². The summed E-state index contributed by atoms with van der Waals surface area (Å²) in [7, 11) is -2.33. The number of hydrogen-bond donors (Lipinski definition) is 1. The molecule has 3 rings (SSSR count). The molecule has 3 aromatic carbocycles. The standard InChI is InChI=1S/C23H27NSi/c1-4-23(2,3)24-25(20-14-8-5-9-15-20,21-16-10-6-11-17-21)22-18-12-7-13-19-22/h5-19,24H,4H2,1-3H3. The van der Waals surface area contributed by atoms with Gasteiger partial charge in [0.25, 0.3) is 0 Å². The normalized spacial score (nSPS) is 12.1. The molecule has 0 aliphatic rings. The van der Waals surface area contributed by atoms with E-state index in [2.05, 4.69) is 117 Å². The molecule has 0 radical (unpaired) electrons. The van der Waals surface area contributed by atoms with Crippen molar-refractivity contribution < 1.29 is 0 Å². The zero-order valence-corrected chi connectivity index (χ0v) is 16.4. The Hall–Kier alpha value is -2.16. The first-order valence-electron chi connectivity index (χ1n) is 9.04. The van der Waals surface area contributed by atoms with E-state index in [9.17, 15) is 0 Å². The van der Waals surface area contributed by atoms with E-state index in [0.29, 0.717) is 0 Å². The summed E-state index contributed by atoms with van der Waals surface area (Å²) >= 11 is 0. The molecule has 25 heavy (non-hydrogen) atoms. The molecule has 0 spiro atoms. The number of hydrogen-bond acceptors (Lipinski definition) is 1. The fourth-order valence-corrected chi connectivity index (χ4v) is 8.08. The minimum absolute atomic E-state index is 0.0494. The Kier molecular flexibility index (Phi) is 5.21. The first kappa shape index (κ1) is 17.7. The highest BCUT2D eigenvalue weighted by Crippen LogP contribution is 2.14. The van der Waals surface area contributed by atoms with Crippen LogP contribution < -0.4 is 20.5 Å². The largest absolute Gasteiger partial charge is 0.322 e. The summed E-state index contributed by atoms with van der Waals surface area (Å²) in [6.45, 7) is 6.88. The zero-order valence-electron chi connectivity index (χ0n) is 15.4. The summed E-state index contributed by atoms with van der Waals surface area (Å²) < 4.78 is 0.